The molecule has 2 nitrogen and oxygen atoms in total. The van der Waals surface area contributed by atoms with E-state index in [0.717, 1.165) is 0 Å². The van der Waals surface area contributed by atoms with E-state index >= 15 is 0 Å². The van der Waals surface area contributed by atoms with Gasteiger partial charge in [0.1, 0.15) is 0 Å². The van der Waals surface area contributed by atoms with Crippen LogP contribution in [0.3, 0.4) is 0 Å². The van der Waals surface area contributed by atoms with Gasteiger partial charge in [-0.3, -0.25) is 0 Å². The number of anilines is 3. The fourth-order valence-electron chi connectivity index (χ4n) is 10.4. The first-order chi connectivity index (χ1) is 24.9. The molecule has 1 unspecified atom stereocenters. The van der Waals surface area contributed by atoms with Gasteiger partial charge in [-0.1, -0.05) is 141 Å². The fourth-order valence-corrected chi connectivity index (χ4v) is 10.4. The molecule has 51 heavy (non-hydrogen) atoms. The van der Waals surface area contributed by atoms with Crippen molar-refractivity contribution in [2.45, 2.75) is 44.6 Å². The smallest absolute Gasteiger partial charge is 0.248 e. The summed E-state index contributed by atoms with van der Waals surface area (Å²) in [6, 6.07) is 55.0. The van der Waals surface area contributed by atoms with Crippen molar-refractivity contribution in [1.82, 2.24) is 0 Å². The molecule has 11 rings (SSSR count). The molecule has 5 heterocycles. The molecule has 1 atom stereocenters. The molecule has 0 aliphatic carbocycles. The molecule has 7 aromatic rings. The van der Waals surface area contributed by atoms with Crippen LogP contribution in [-0.4, -0.2) is 6.71 Å². The number of pyridine rings is 1. The zero-order valence-corrected chi connectivity index (χ0v) is 29.5. The molecule has 3 heteroatoms. The third kappa shape index (κ3) is 3.61. The molecular formula is C48H38BN2+. The Morgan fingerprint density at radius 2 is 1.16 bits per heavy atom. The molecular weight excluding hydrogens is 615 g/mol. The largest absolute Gasteiger partial charge is 0.310 e. The Kier molecular flexibility index (Phi) is 5.70. The van der Waals surface area contributed by atoms with Gasteiger partial charge >= 0.3 is 0 Å². The minimum atomic E-state index is -0.155. The summed E-state index contributed by atoms with van der Waals surface area (Å²) in [5.74, 6) is 0. The molecule has 0 radical (unpaired) electrons. The van der Waals surface area contributed by atoms with E-state index in [4.69, 9.17) is 0 Å². The highest BCUT2D eigenvalue weighted by atomic mass is 15.2. The highest BCUT2D eigenvalue weighted by molar-refractivity contribution is 6.99. The molecule has 242 valence electrons. The number of para-hydroxylation sites is 2. The minimum Gasteiger partial charge on any atom is -0.310 e. The van der Waals surface area contributed by atoms with Crippen LogP contribution in [0.2, 0.25) is 0 Å². The Balaban J connectivity index is 1.39. The number of hydrogen-bond donors (Lipinski definition) is 0. The quantitative estimate of drug-likeness (QED) is 0.134. The lowest BCUT2D eigenvalue weighted by Gasteiger charge is -2.50. The van der Waals surface area contributed by atoms with Crippen molar-refractivity contribution in [3.05, 3.63) is 185 Å². The lowest BCUT2D eigenvalue weighted by atomic mass is 9.30. The number of benzene rings is 6. The van der Waals surface area contributed by atoms with Crippen LogP contribution in [0.15, 0.2) is 152 Å². The van der Waals surface area contributed by atoms with Crippen LogP contribution in [0.5, 0.6) is 0 Å². The van der Waals surface area contributed by atoms with E-state index in [2.05, 4.69) is 189 Å². The van der Waals surface area contributed by atoms with Crippen LogP contribution in [0, 0.1) is 0 Å². The topological polar surface area (TPSA) is 7.12 Å². The third-order valence-corrected chi connectivity index (χ3v) is 12.6. The maximum absolute atomic E-state index is 2.66. The second-order valence-corrected chi connectivity index (χ2v) is 15.9. The van der Waals surface area contributed by atoms with E-state index in [1.54, 1.807) is 0 Å². The van der Waals surface area contributed by atoms with Crippen LogP contribution >= 0.6 is 0 Å². The summed E-state index contributed by atoms with van der Waals surface area (Å²) < 4.78 is 2.60. The van der Waals surface area contributed by atoms with E-state index < -0.39 is 0 Å². The molecule has 1 aromatic heterocycles. The first-order valence-corrected chi connectivity index (χ1v) is 18.4. The Labute approximate surface area is 300 Å². The van der Waals surface area contributed by atoms with Gasteiger partial charge in [-0.2, -0.15) is 4.57 Å². The van der Waals surface area contributed by atoms with Gasteiger partial charge in [0, 0.05) is 45.6 Å². The van der Waals surface area contributed by atoms with Gasteiger partial charge in [-0.05, 0) is 70.3 Å². The van der Waals surface area contributed by atoms with Crippen LogP contribution in [-0.2, 0) is 10.8 Å². The minimum absolute atomic E-state index is 0.0339. The number of rotatable bonds is 2. The monoisotopic (exact) mass is 653 g/mol. The summed E-state index contributed by atoms with van der Waals surface area (Å²) in [6.07, 6.45) is 2.33. The molecule has 0 saturated heterocycles. The SMILES string of the molecule is CC1(C)c2ccccc2N2c3c(cccc31)B1c3cccc4c3C(c3c(-c5ccccc5)cc(-c5ccccc5)c2c31)[n+]1ccccc1C4(C)C. The zero-order valence-electron chi connectivity index (χ0n) is 29.5. The summed E-state index contributed by atoms with van der Waals surface area (Å²) in [5, 5.41) is 0. The van der Waals surface area contributed by atoms with Crippen LogP contribution < -0.4 is 25.9 Å². The van der Waals surface area contributed by atoms with E-state index in [-0.39, 0.29) is 23.6 Å². The van der Waals surface area contributed by atoms with Gasteiger partial charge in [0.25, 0.3) is 0 Å². The molecule has 0 saturated carbocycles. The maximum Gasteiger partial charge on any atom is 0.248 e. The van der Waals surface area contributed by atoms with Crippen molar-refractivity contribution in [2.75, 3.05) is 4.90 Å². The molecule has 4 aliphatic rings. The standard InChI is InChI=1S/C48H38BN2/c1-47(2)34-21-11-12-26-39(34)51-44-33(31-19-9-6-10-20-31)29-32(30-17-7-5-8-18-30)41-43(44)49(38-25-16-23-36(47)45(38)51)37-24-15-22-35-42(37)46(41)50-28-14-13-27-40(50)48(35,3)4/h5-29,46H,1-4H3/q+1. The summed E-state index contributed by atoms with van der Waals surface area (Å²) in [6.45, 7) is 9.73. The Bertz CT molecular complexity index is 2430. The van der Waals surface area contributed by atoms with E-state index in [1.165, 1.54) is 89.2 Å². The van der Waals surface area contributed by atoms with Crippen molar-refractivity contribution in [3.63, 3.8) is 0 Å². The predicted octanol–water partition coefficient (Wildman–Crippen LogP) is 8.84. The van der Waals surface area contributed by atoms with Crippen LogP contribution in [0.1, 0.15) is 67.2 Å². The molecule has 0 amide bonds. The molecule has 4 aliphatic heterocycles. The maximum atomic E-state index is 2.66. The zero-order chi connectivity index (χ0) is 34.2. The first kappa shape index (κ1) is 29.1. The Morgan fingerprint density at radius 3 is 1.92 bits per heavy atom. The van der Waals surface area contributed by atoms with Crippen LogP contribution in [0.25, 0.3) is 22.3 Å². The highest BCUT2D eigenvalue weighted by Crippen LogP contribution is 2.56. The van der Waals surface area contributed by atoms with Gasteiger partial charge in [-0.15, -0.1) is 0 Å². The normalized spacial score (nSPS) is 17.5. The summed E-state index contributed by atoms with van der Waals surface area (Å²) in [5.41, 5.74) is 21.5. The lowest BCUT2D eigenvalue weighted by molar-refractivity contribution is -0.717. The second-order valence-electron chi connectivity index (χ2n) is 15.9. The summed E-state index contributed by atoms with van der Waals surface area (Å²) >= 11 is 0. The third-order valence-electron chi connectivity index (χ3n) is 12.6. The Hall–Kier alpha value is -5.67. The summed E-state index contributed by atoms with van der Waals surface area (Å²) in [7, 11) is 0. The van der Waals surface area contributed by atoms with Crippen LogP contribution in [0.4, 0.5) is 17.1 Å². The highest BCUT2D eigenvalue weighted by Gasteiger charge is 2.55. The number of hydrogen-bond acceptors (Lipinski definition) is 1. The number of fused-ring (bicyclic) bond motifs is 8. The van der Waals surface area contributed by atoms with Crippen molar-refractivity contribution < 1.29 is 4.57 Å². The predicted molar refractivity (Wildman–Crippen MR) is 211 cm³/mol. The van der Waals surface area contributed by atoms with Crippen molar-refractivity contribution >= 4 is 40.2 Å². The fraction of sp³-hybridized carbons (Fsp3) is 0.146. The summed E-state index contributed by atoms with van der Waals surface area (Å²) in [4.78, 5) is 2.66. The average molecular weight is 654 g/mol. The van der Waals surface area contributed by atoms with Gasteiger partial charge in [0.15, 0.2) is 11.9 Å². The second kappa shape index (κ2) is 9.98. The van der Waals surface area contributed by atoms with Crippen molar-refractivity contribution in [3.8, 4) is 22.3 Å². The molecule has 6 aromatic carbocycles. The van der Waals surface area contributed by atoms with E-state index in [1.807, 2.05) is 0 Å². The first-order valence-electron chi connectivity index (χ1n) is 18.4. The van der Waals surface area contributed by atoms with Gasteiger partial charge in [-0.25, -0.2) is 0 Å². The van der Waals surface area contributed by atoms with Crippen molar-refractivity contribution in [2.24, 2.45) is 0 Å². The van der Waals surface area contributed by atoms with Gasteiger partial charge in [0.05, 0.1) is 11.1 Å². The van der Waals surface area contributed by atoms with Gasteiger partial charge < -0.3 is 4.90 Å². The molecule has 0 N–H and O–H groups in total. The number of nitrogens with zero attached hydrogens (tertiary/aromatic N) is 2. The molecule has 0 spiro atoms. The number of aromatic nitrogens is 1. The van der Waals surface area contributed by atoms with E-state index in [0.29, 0.717) is 0 Å². The average Bonchev–Trinajstić information content (AvgIpc) is 3.17. The Morgan fingerprint density at radius 1 is 0.529 bits per heavy atom. The molecule has 0 bridgehead atoms. The van der Waals surface area contributed by atoms with E-state index in [9.17, 15) is 0 Å². The lowest BCUT2D eigenvalue weighted by Crippen LogP contribution is -2.68. The van der Waals surface area contributed by atoms with Gasteiger partial charge in [0.2, 0.25) is 12.8 Å². The molecule has 0 fully saturated rings. The van der Waals surface area contributed by atoms with Crippen molar-refractivity contribution in [1.29, 1.82) is 0 Å².